The van der Waals surface area contributed by atoms with E-state index >= 15 is 0 Å². The first-order valence-corrected chi connectivity index (χ1v) is 7.25. The van der Waals surface area contributed by atoms with Gasteiger partial charge in [0.25, 0.3) is 5.91 Å². The van der Waals surface area contributed by atoms with Gasteiger partial charge in [0, 0.05) is 24.7 Å². The predicted molar refractivity (Wildman–Crippen MR) is 83.9 cm³/mol. The maximum Gasteiger partial charge on any atom is 0.290 e. The summed E-state index contributed by atoms with van der Waals surface area (Å²) in [4.78, 5) is 14.4. The van der Waals surface area contributed by atoms with Gasteiger partial charge >= 0.3 is 0 Å². The normalized spacial score (nSPS) is 10.9. The lowest BCUT2D eigenvalue weighted by Gasteiger charge is -2.26. The summed E-state index contributed by atoms with van der Waals surface area (Å²) in [5.41, 5.74) is 7.46. The molecule has 0 saturated heterocycles. The molecule has 4 nitrogen and oxygen atoms in total. The molecule has 2 N–H and O–H groups in total. The summed E-state index contributed by atoms with van der Waals surface area (Å²) in [6.07, 6.45) is 0.785. The maximum atomic E-state index is 12.6. The van der Waals surface area contributed by atoms with E-state index in [9.17, 15) is 4.79 Å². The van der Waals surface area contributed by atoms with Gasteiger partial charge in [0.1, 0.15) is 5.76 Å². The van der Waals surface area contributed by atoms with Crippen LogP contribution >= 0.6 is 0 Å². The van der Waals surface area contributed by atoms with Crippen LogP contribution in [0.15, 0.2) is 40.8 Å². The van der Waals surface area contributed by atoms with Gasteiger partial charge in [-0.2, -0.15) is 0 Å². The van der Waals surface area contributed by atoms with Gasteiger partial charge in [0.05, 0.1) is 0 Å². The van der Waals surface area contributed by atoms with E-state index in [0.717, 1.165) is 23.4 Å². The van der Waals surface area contributed by atoms with Crippen LogP contribution in [0.4, 0.5) is 5.69 Å². The monoisotopic (exact) mass is 286 g/mol. The molecule has 2 aromatic rings. The summed E-state index contributed by atoms with van der Waals surface area (Å²) in [6, 6.07) is 11.3. The molecular weight excluding hydrogens is 264 g/mol. The van der Waals surface area contributed by atoms with E-state index in [-0.39, 0.29) is 11.9 Å². The molecule has 1 amide bonds. The van der Waals surface area contributed by atoms with E-state index in [1.165, 1.54) is 0 Å². The fourth-order valence-corrected chi connectivity index (χ4v) is 2.13. The molecule has 0 unspecified atom stereocenters. The number of hydrogen-bond donors (Lipinski definition) is 1. The second-order valence-corrected chi connectivity index (χ2v) is 5.39. The van der Waals surface area contributed by atoms with Crippen LogP contribution in [0.3, 0.4) is 0 Å². The van der Waals surface area contributed by atoms with Gasteiger partial charge in [-0.05, 0) is 43.7 Å². The number of carbonyl (C=O) groups excluding carboxylic acids is 1. The fraction of sp³-hybridized carbons (Fsp3) is 0.353. The molecule has 0 aliphatic rings. The van der Waals surface area contributed by atoms with Crippen molar-refractivity contribution in [3.05, 3.63) is 53.5 Å². The Morgan fingerprint density at radius 2 is 1.86 bits per heavy atom. The van der Waals surface area contributed by atoms with Crippen LogP contribution in [-0.4, -0.2) is 16.8 Å². The van der Waals surface area contributed by atoms with E-state index in [0.29, 0.717) is 12.3 Å². The first-order valence-electron chi connectivity index (χ1n) is 7.25. The molecule has 1 aromatic heterocycles. The second-order valence-electron chi connectivity index (χ2n) is 5.39. The van der Waals surface area contributed by atoms with Crippen molar-refractivity contribution >= 4 is 11.6 Å². The van der Waals surface area contributed by atoms with Crippen molar-refractivity contribution in [3.63, 3.8) is 0 Å². The molecule has 1 heterocycles. The first kappa shape index (κ1) is 15.2. The number of anilines is 1. The minimum Gasteiger partial charge on any atom is -0.456 e. The third-order valence-corrected chi connectivity index (χ3v) is 3.44. The molecule has 112 valence electrons. The number of amides is 1. The second kappa shape index (κ2) is 6.48. The van der Waals surface area contributed by atoms with Crippen LogP contribution in [0.2, 0.25) is 0 Å². The largest absolute Gasteiger partial charge is 0.456 e. The molecule has 0 saturated carbocycles. The number of nitrogen functional groups attached to an aromatic ring is 1. The lowest BCUT2D eigenvalue weighted by Crippen LogP contribution is -2.36. The first-order chi connectivity index (χ1) is 10.0. The molecule has 0 radical (unpaired) electrons. The zero-order valence-corrected chi connectivity index (χ0v) is 12.8. The van der Waals surface area contributed by atoms with Crippen molar-refractivity contribution < 1.29 is 9.21 Å². The van der Waals surface area contributed by atoms with E-state index < -0.39 is 0 Å². The van der Waals surface area contributed by atoms with Crippen molar-refractivity contribution in [2.45, 2.75) is 39.8 Å². The molecule has 0 spiro atoms. The molecule has 0 aliphatic carbocycles. The Morgan fingerprint density at radius 3 is 2.38 bits per heavy atom. The van der Waals surface area contributed by atoms with Gasteiger partial charge in [0.2, 0.25) is 0 Å². The molecule has 2 rings (SSSR count). The van der Waals surface area contributed by atoms with Gasteiger partial charge in [-0.15, -0.1) is 0 Å². The Balaban J connectivity index is 2.18. The number of nitrogens with two attached hydrogens (primary N) is 1. The number of carbonyl (C=O) groups is 1. The molecule has 0 bridgehead atoms. The lowest BCUT2D eigenvalue weighted by atomic mass is 10.1. The topological polar surface area (TPSA) is 59.5 Å². The molecule has 21 heavy (non-hydrogen) atoms. The smallest absolute Gasteiger partial charge is 0.290 e. The Morgan fingerprint density at radius 1 is 1.19 bits per heavy atom. The molecular formula is C17H22N2O2. The van der Waals surface area contributed by atoms with Gasteiger partial charge in [-0.25, -0.2) is 0 Å². The summed E-state index contributed by atoms with van der Waals surface area (Å²) in [5, 5.41) is 0. The highest BCUT2D eigenvalue weighted by Gasteiger charge is 2.21. The number of hydrogen-bond acceptors (Lipinski definition) is 3. The van der Waals surface area contributed by atoms with Crippen LogP contribution in [0.5, 0.6) is 0 Å². The predicted octanol–water partition coefficient (Wildman–Crippen LogP) is 3.48. The minimum atomic E-state index is -0.0819. The third-order valence-electron chi connectivity index (χ3n) is 3.44. The average Bonchev–Trinajstić information content (AvgIpc) is 2.94. The quantitative estimate of drug-likeness (QED) is 0.856. The van der Waals surface area contributed by atoms with Crippen molar-refractivity contribution in [1.29, 1.82) is 0 Å². The molecule has 0 atom stereocenters. The molecule has 4 heteroatoms. The zero-order chi connectivity index (χ0) is 15.4. The summed E-state index contributed by atoms with van der Waals surface area (Å²) in [6.45, 7) is 6.54. The zero-order valence-electron chi connectivity index (χ0n) is 12.8. The highest BCUT2D eigenvalue weighted by Crippen LogP contribution is 2.16. The molecule has 0 fully saturated rings. The number of nitrogens with zero attached hydrogens (tertiary/aromatic N) is 1. The lowest BCUT2D eigenvalue weighted by molar-refractivity contribution is 0.0655. The number of rotatable bonds is 5. The maximum absolute atomic E-state index is 12.6. The number of furan rings is 1. The van der Waals surface area contributed by atoms with E-state index in [1.807, 2.05) is 51.1 Å². The van der Waals surface area contributed by atoms with E-state index in [1.54, 1.807) is 11.0 Å². The summed E-state index contributed by atoms with van der Waals surface area (Å²) in [7, 11) is 0. The fourth-order valence-electron chi connectivity index (χ4n) is 2.13. The highest BCUT2D eigenvalue weighted by atomic mass is 16.4. The summed E-state index contributed by atoms with van der Waals surface area (Å²) >= 11 is 0. The average molecular weight is 286 g/mol. The van der Waals surface area contributed by atoms with Gasteiger partial charge < -0.3 is 15.1 Å². The van der Waals surface area contributed by atoms with Crippen LogP contribution in [0.1, 0.15) is 42.6 Å². The van der Waals surface area contributed by atoms with Crippen molar-refractivity contribution in [2.75, 3.05) is 5.73 Å². The van der Waals surface area contributed by atoms with Crippen molar-refractivity contribution in [3.8, 4) is 0 Å². The minimum absolute atomic E-state index is 0.0819. The molecule has 1 aromatic carbocycles. The van der Waals surface area contributed by atoms with Crippen LogP contribution in [0.25, 0.3) is 0 Å². The highest BCUT2D eigenvalue weighted by molar-refractivity contribution is 5.91. The Hall–Kier alpha value is -2.23. The van der Waals surface area contributed by atoms with E-state index in [2.05, 4.69) is 0 Å². The van der Waals surface area contributed by atoms with Crippen LogP contribution in [-0.2, 0) is 13.0 Å². The van der Waals surface area contributed by atoms with Crippen molar-refractivity contribution in [1.82, 2.24) is 4.90 Å². The molecule has 0 aliphatic heterocycles. The van der Waals surface area contributed by atoms with Crippen LogP contribution in [0, 0.1) is 0 Å². The Bertz CT molecular complexity index is 600. The van der Waals surface area contributed by atoms with Gasteiger partial charge in [0.15, 0.2) is 5.76 Å². The standard InChI is InChI=1S/C17H22N2O2/c1-4-15-9-10-16(21-15)17(20)19(12(2)3)11-13-5-7-14(18)8-6-13/h5-10,12H,4,11,18H2,1-3H3. The summed E-state index contributed by atoms with van der Waals surface area (Å²) < 4.78 is 5.57. The Kier molecular flexibility index (Phi) is 4.68. The van der Waals surface area contributed by atoms with Crippen LogP contribution < -0.4 is 5.73 Å². The SMILES string of the molecule is CCc1ccc(C(=O)N(Cc2ccc(N)cc2)C(C)C)o1. The Labute approximate surface area is 125 Å². The van der Waals surface area contributed by atoms with Crippen molar-refractivity contribution in [2.24, 2.45) is 0 Å². The summed E-state index contributed by atoms with van der Waals surface area (Å²) in [5.74, 6) is 1.15. The third kappa shape index (κ3) is 3.66. The van der Waals surface area contributed by atoms with E-state index in [4.69, 9.17) is 10.2 Å². The number of aryl methyl sites for hydroxylation is 1. The van der Waals surface area contributed by atoms with Gasteiger partial charge in [-0.3, -0.25) is 4.79 Å². The van der Waals surface area contributed by atoms with Gasteiger partial charge in [-0.1, -0.05) is 19.1 Å². The number of benzene rings is 1.